The first-order chi connectivity index (χ1) is 9.24. The van der Waals surface area contributed by atoms with Gasteiger partial charge >= 0.3 is 0 Å². The molecule has 0 radical (unpaired) electrons. The molecule has 2 fully saturated rings. The van der Waals surface area contributed by atoms with Crippen molar-refractivity contribution in [1.82, 2.24) is 9.80 Å². The fourth-order valence-corrected chi connectivity index (χ4v) is 3.04. The molecule has 3 heteroatoms. The van der Waals surface area contributed by atoms with E-state index in [0.29, 0.717) is 12.0 Å². The molecular formula is C16H24N2O. The molecule has 1 saturated heterocycles. The molecule has 0 spiro atoms. The molecule has 104 valence electrons. The Bertz CT molecular complexity index is 404. The smallest absolute Gasteiger partial charge is 0.0695 e. The van der Waals surface area contributed by atoms with Crippen LogP contribution in [-0.2, 0) is 0 Å². The first-order valence-electron chi connectivity index (χ1n) is 7.39. The van der Waals surface area contributed by atoms with Crippen molar-refractivity contribution >= 4 is 0 Å². The van der Waals surface area contributed by atoms with Gasteiger partial charge < -0.3 is 10.0 Å². The van der Waals surface area contributed by atoms with Gasteiger partial charge in [-0.05, 0) is 31.4 Å². The summed E-state index contributed by atoms with van der Waals surface area (Å²) in [6.07, 6.45) is 2.30. The summed E-state index contributed by atoms with van der Waals surface area (Å²) < 4.78 is 0. The molecule has 0 bridgehead atoms. The number of nitrogens with zero attached hydrogens (tertiary/aromatic N) is 2. The van der Waals surface area contributed by atoms with E-state index in [-0.39, 0.29) is 6.10 Å². The number of benzene rings is 1. The van der Waals surface area contributed by atoms with Gasteiger partial charge in [-0.25, -0.2) is 0 Å². The average Bonchev–Trinajstić information content (AvgIpc) is 3.26. The third-order valence-electron chi connectivity index (χ3n) is 4.47. The molecule has 1 heterocycles. The van der Waals surface area contributed by atoms with Crippen molar-refractivity contribution in [3.05, 3.63) is 35.9 Å². The lowest BCUT2D eigenvalue weighted by Gasteiger charge is -2.41. The SMILES string of the molecule is CN1CCN(CC(O)C2CC2)C(c2ccccc2)C1. The summed E-state index contributed by atoms with van der Waals surface area (Å²) in [6, 6.07) is 11.1. The van der Waals surface area contributed by atoms with E-state index >= 15 is 0 Å². The Kier molecular flexibility index (Phi) is 3.87. The molecule has 1 aliphatic heterocycles. The summed E-state index contributed by atoms with van der Waals surface area (Å²) in [5, 5.41) is 10.2. The zero-order valence-corrected chi connectivity index (χ0v) is 11.7. The summed E-state index contributed by atoms with van der Waals surface area (Å²) >= 11 is 0. The van der Waals surface area contributed by atoms with Crippen LogP contribution in [0.3, 0.4) is 0 Å². The Morgan fingerprint density at radius 3 is 2.63 bits per heavy atom. The third kappa shape index (κ3) is 3.16. The topological polar surface area (TPSA) is 26.7 Å². The highest BCUT2D eigenvalue weighted by Crippen LogP contribution is 2.34. The number of aliphatic hydroxyl groups excluding tert-OH is 1. The number of aliphatic hydroxyl groups is 1. The molecule has 1 N–H and O–H groups in total. The van der Waals surface area contributed by atoms with E-state index in [1.165, 1.54) is 18.4 Å². The van der Waals surface area contributed by atoms with Gasteiger partial charge in [-0.15, -0.1) is 0 Å². The van der Waals surface area contributed by atoms with Crippen LogP contribution in [-0.4, -0.2) is 54.2 Å². The van der Waals surface area contributed by atoms with Gasteiger partial charge in [0.05, 0.1) is 6.10 Å². The monoisotopic (exact) mass is 260 g/mol. The van der Waals surface area contributed by atoms with Crippen LogP contribution in [0.5, 0.6) is 0 Å². The van der Waals surface area contributed by atoms with Crippen molar-refractivity contribution in [3.63, 3.8) is 0 Å². The van der Waals surface area contributed by atoms with Gasteiger partial charge in [0.15, 0.2) is 0 Å². The zero-order valence-electron chi connectivity index (χ0n) is 11.7. The molecule has 2 unspecified atom stereocenters. The van der Waals surface area contributed by atoms with E-state index in [4.69, 9.17) is 0 Å². The molecule has 19 heavy (non-hydrogen) atoms. The van der Waals surface area contributed by atoms with Crippen LogP contribution in [0.25, 0.3) is 0 Å². The van der Waals surface area contributed by atoms with Gasteiger partial charge in [0.25, 0.3) is 0 Å². The van der Waals surface area contributed by atoms with Gasteiger partial charge in [0, 0.05) is 32.2 Å². The van der Waals surface area contributed by atoms with E-state index in [1.807, 2.05) is 0 Å². The van der Waals surface area contributed by atoms with E-state index in [2.05, 4.69) is 47.2 Å². The summed E-state index contributed by atoms with van der Waals surface area (Å²) in [5.41, 5.74) is 1.37. The Balaban J connectivity index is 1.72. The van der Waals surface area contributed by atoms with E-state index in [1.54, 1.807) is 0 Å². The first kappa shape index (κ1) is 13.1. The summed E-state index contributed by atoms with van der Waals surface area (Å²) in [6.45, 7) is 4.04. The van der Waals surface area contributed by atoms with Crippen molar-refractivity contribution < 1.29 is 5.11 Å². The summed E-state index contributed by atoms with van der Waals surface area (Å²) in [4.78, 5) is 4.86. The zero-order chi connectivity index (χ0) is 13.2. The third-order valence-corrected chi connectivity index (χ3v) is 4.47. The maximum Gasteiger partial charge on any atom is 0.0695 e. The Hall–Kier alpha value is -0.900. The Labute approximate surface area is 115 Å². The van der Waals surface area contributed by atoms with Crippen molar-refractivity contribution in [3.8, 4) is 0 Å². The van der Waals surface area contributed by atoms with Crippen molar-refractivity contribution in [2.45, 2.75) is 25.0 Å². The van der Waals surface area contributed by atoms with E-state index in [0.717, 1.165) is 26.2 Å². The molecule has 3 nitrogen and oxygen atoms in total. The predicted octanol–water partition coefficient (Wildman–Crippen LogP) is 1.75. The van der Waals surface area contributed by atoms with E-state index < -0.39 is 0 Å². The second kappa shape index (κ2) is 5.61. The lowest BCUT2D eigenvalue weighted by atomic mass is 10.0. The fourth-order valence-electron chi connectivity index (χ4n) is 3.04. The maximum absolute atomic E-state index is 10.2. The summed E-state index contributed by atoms with van der Waals surface area (Å²) in [5.74, 6) is 0.566. The van der Waals surface area contributed by atoms with Crippen molar-refractivity contribution in [2.75, 3.05) is 33.2 Å². The Morgan fingerprint density at radius 2 is 1.95 bits per heavy atom. The molecule has 1 saturated carbocycles. The van der Waals surface area contributed by atoms with Gasteiger partial charge in [-0.2, -0.15) is 0 Å². The van der Waals surface area contributed by atoms with Crippen molar-refractivity contribution in [2.24, 2.45) is 5.92 Å². The van der Waals surface area contributed by atoms with Crippen LogP contribution in [0.4, 0.5) is 0 Å². The van der Waals surface area contributed by atoms with Crippen LogP contribution in [0.15, 0.2) is 30.3 Å². The lowest BCUT2D eigenvalue weighted by molar-refractivity contribution is 0.0325. The number of likely N-dealkylation sites (N-methyl/N-ethyl adjacent to an activating group) is 1. The number of β-amino-alcohol motifs (C(OH)–C–C–N with tert-alkyl or cyclic N) is 1. The van der Waals surface area contributed by atoms with Crippen LogP contribution >= 0.6 is 0 Å². The minimum atomic E-state index is -0.130. The van der Waals surface area contributed by atoms with Crippen LogP contribution in [0.2, 0.25) is 0 Å². The summed E-state index contributed by atoms with van der Waals surface area (Å²) in [7, 11) is 2.19. The largest absolute Gasteiger partial charge is 0.392 e. The minimum absolute atomic E-state index is 0.130. The maximum atomic E-state index is 10.2. The standard InChI is InChI=1S/C16H24N2O/c1-17-9-10-18(12-16(19)14-7-8-14)15(11-17)13-5-3-2-4-6-13/h2-6,14-16,19H,7-12H2,1H3. The fraction of sp³-hybridized carbons (Fsp3) is 0.625. The highest BCUT2D eigenvalue weighted by molar-refractivity contribution is 5.20. The molecule has 1 aromatic carbocycles. The Morgan fingerprint density at radius 1 is 1.21 bits per heavy atom. The highest BCUT2D eigenvalue weighted by atomic mass is 16.3. The van der Waals surface area contributed by atoms with E-state index in [9.17, 15) is 5.11 Å². The number of hydrogen-bond donors (Lipinski definition) is 1. The average molecular weight is 260 g/mol. The molecule has 3 rings (SSSR count). The normalized spacial score (nSPS) is 27.4. The van der Waals surface area contributed by atoms with Gasteiger partial charge in [0.2, 0.25) is 0 Å². The van der Waals surface area contributed by atoms with Crippen LogP contribution in [0.1, 0.15) is 24.4 Å². The number of hydrogen-bond acceptors (Lipinski definition) is 3. The van der Waals surface area contributed by atoms with Crippen LogP contribution < -0.4 is 0 Å². The molecule has 2 atom stereocenters. The van der Waals surface area contributed by atoms with Gasteiger partial charge in [-0.3, -0.25) is 4.90 Å². The molecule has 1 aromatic rings. The predicted molar refractivity (Wildman–Crippen MR) is 77.0 cm³/mol. The molecule has 0 amide bonds. The van der Waals surface area contributed by atoms with Crippen LogP contribution in [0, 0.1) is 5.92 Å². The van der Waals surface area contributed by atoms with Gasteiger partial charge in [-0.1, -0.05) is 30.3 Å². The number of rotatable bonds is 4. The number of piperazine rings is 1. The highest BCUT2D eigenvalue weighted by Gasteiger charge is 2.34. The quantitative estimate of drug-likeness (QED) is 0.893. The molecule has 1 aliphatic carbocycles. The lowest BCUT2D eigenvalue weighted by Crippen LogP contribution is -2.49. The minimum Gasteiger partial charge on any atom is -0.392 e. The second-order valence-electron chi connectivity index (χ2n) is 6.09. The first-order valence-corrected chi connectivity index (χ1v) is 7.39. The second-order valence-corrected chi connectivity index (χ2v) is 6.09. The molecule has 2 aliphatic rings. The van der Waals surface area contributed by atoms with Gasteiger partial charge in [0.1, 0.15) is 0 Å². The molecule has 0 aromatic heterocycles. The van der Waals surface area contributed by atoms with Crippen molar-refractivity contribution in [1.29, 1.82) is 0 Å². The molecular weight excluding hydrogens is 236 g/mol.